The maximum atomic E-state index is 2.42. The van der Waals surface area contributed by atoms with Crippen molar-refractivity contribution in [3.8, 4) is 0 Å². The van der Waals surface area contributed by atoms with E-state index in [2.05, 4.69) is 27.7 Å². The minimum atomic E-state index is 0.931. The van der Waals surface area contributed by atoms with Crippen LogP contribution in [0.2, 0.25) is 0 Å². The van der Waals surface area contributed by atoms with Gasteiger partial charge in [0, 0.05) is 0 Å². The van der Waals surface area contributed by atoms with Gasteiger partial charge in [-0.15, -0.1) is 0 Å². The molecule has 0 heteroatoms. The monoisotopic (exact) mass is 224 g/mol. The van der Waals surface area contributed by atoms with Crippen LogP contribution in [0, 0.1) is 23.7 Å². The molecule has 16 heavy (non-hydrogen) atoms. The minimum absolute atomic E-state index is 0.931. The van der Waals surface area contributed by atoms with Gasteiger partial charge in [0.05, 0.1) is 0 Å². The van der Waals surface area contributed by atoms with Gasteiger partial charge in [-0.25, -0.2) is 0 Å². The van der Waals surface area contributed by atoms with Crippen LogP contribution in [-0.4, -0.2) is 0 Å². The molecular weight excluding hydrogens is 192 g/mol. The van der Waals surface area contributed by atoms with E-state index in [0.29, 0.717) is 0 Å². The third kappa shape index (κ3) is 4.89. The standard InChI is InChI=1S/C16H32/c1-5-8-14(4)9-6-7-10-15-11-16(12-15)13(2)3/h13-16H,5-12H2,1-4H3. The van der Waals surface area contributed by atoms with E-state index in [9.17, 15) is 0 Å². The topological polar surface area (TPSA) is 0 Å². The molecule has 0 N–H and O–H groups in total. The molecule has 0 amide bonds. The average molecular weight is 224 g/mol. The Hall–Kier alpha value is 0. The van der Waals surface area contributed by atoms with Crippen LogP contribution in [0.1, 0.15) is 79.1 Å². The molecule has 0 saturated heterocycles. The van der Waals surface area contributed by atoms with E-state index >= 15 is 0 Å². The van der Waals surface area contributed by atoms with Crippen LogP contribution in [0.25, 0.3) is 0 Å². The van der Waals surface area contributed by atoms with E-state index in [-0.39, 0.29) is 0 Å². The Morgan fingerprint density at radius 1 is 1.00 bits per heavy atom. The van der Waals surface area contributed by atoms with Crippen LogP contribution in [0.3, 0.4) is 0 Å². The zero-order chi connectivity index (χ0) is 12.0. The third-order valence-corrected chi connectivity index (χ3v) is 4.56. The maximum Gasteiger partial charge on any atom is -0.0386 e. The summed E-state index contributed by atoms with van der Waals surface area (Å²) in [6.07, 6.45) is 11.8. The Bertz CT molecular complexity index is 165. The van der Waals surface area contributed by atoms with Crippen molar-refractivity contribution in [2.24, 2.45) is 23.7 Å². The molecule has 0 bridgehead atoms. The highest BCUT2D eigenvalue weighted by Crippen LogP contribution is 2.41. The molecule has 1 fully saturated rings. The van der Waals surface area contributed by atoms with Gasteiger partial charge in [-0.1, -0.05) is 66.2 Å². The van der Waals surface area contributed by atoms with Gasteiger partial charge >= 0.3 is 0 Å². The molecule has 1 atom stereocenters. The predicted octanol–water partition coefficient (Wildman–Crippen LogP) is 5.67. The Kier molecular flexibility index (Phi) is 6.46. The molecular formula is C16H32. The molecule has 0 radical (unpaired) electrons. The average Bonchev–Trinajstić information content (AvgIpc) is 2.14. The van der Waals surface area contributed by atoms with E-state index in [1.165, 1.54) is 51.4 Å². The van der Waals surface area contributed by atoms with Crippen LogP contribution in [-0.2, 0) is 0 Å². The Morgan fingerprint density at radius 3 is 2.25 bits per heavy atom. The van der Waals surface area contributed by atoms with Gasteiger partial charge in [0.2, 0.25) is 0 Å². The molecule has 0 aromatic carbocycles. The van der Waals surface area contributed by atoms with Gasteiger partial charge in [0.1, 0.15) is 0 Å². The van der Waals surface area contributed by atoms with Crippen LogP contribution in [0.15, 0.2) is 0 Å². The fourth-order valence-corrected chi connectivity index (χ4v) is 3.13. The molecule has 0 nitrogen and oxygen atoms in total. The molecule has 0 aliphatic heterocycles. The van der Waals surface area contributed by atoms with Crippen LogP contribution < -0.4 is 0 Å². The molecule has 1 saturated carbocycles. The van der Waals surface area contributed by atoms with E-state index < -0.39 is 0 Å². The van der Waals surface area contributed by atoms with Crippen molar-refractivity contribution in [3.05, 3.63) is 0 Å². The van der Waals surface area contributed by atoms with Crippen LogP contribution in [0.5, 0.6) is 0 Å². The second-order valence-electron chi connectivity index (χ2n) is 6.52. The highest BCUT2D eigenvalue weighted by Gasteiger charge is 2.30. The molecule has 0 aromatic heterocycles. The maximum absolute atomic E-state index is 2.42. The summed E-state index contributed by atoms with van der Waals surface area (Å²) in [6.45, 7) is 9.49. The zero-order valence-electron chi connectivity index (χ0n) is 12.0. The van der Waals surface area contributed by atoms with Crippen molar-refractivity contribution < 1.29 is 0 Å². The van der Waals surface area contributed by atoms with Gasteiger partial charge in [0.15, 0.2) is 0 Å². The number of hydrogen-bond donors (Lipinski definition) is 0. The van der Waals surface area contributed by atoms with E-state index in [0.717, 1.165) is 23.7 Å². The number of hydrogen-bond acceptors (Lipinski definition) is 0. The van der Waals surface area contributed by atoms with Crippen molar-refractivity contribution in [2.75, 3.05) is 0 Å². The van der Waals surface area contributed by atoms with Crippen molar-refractivity contribution in [1.29, 1.82) is 0 Å². The van der Waals surface area contributed by atoms with Gasteiger partial charge < -0.3 is 0 Å². The van der Waals surface area contributed by atoms with Gasteiger partial charge in [-0.05, 0) is 36.5 Å². The molecule has 1 unspecified atom stereocenters. The predicted molar refractivity (Wildman–Crippen MR) is 73.6 cm³/mol. The fraction of sp³-hybridized carbons (Fsp3) is 1.00. The molecule has 96 valence electrons. The quantitative estimate of drug-likeness (QED) is 0.466. The molecule has 0 heterocycles. The molecule has 1 rings (SSSR count). The first-order valence-electron chi connectivity index (χ1n) is 7.63. The van der Waals surface area contributed by atoms with Crippen molar-refractivity contribution in [1.82, 2.24) is 0 Å². The summed E-state index contributed by atoms with van der Waals surface area (Å²) in [5.41, 5.74) is 0. The Balaban J connectivity index is 1.90. The summed E-state index contributed by atoms with van der Waals surface area (Å²) < 4.78 is 0. The second kappa shape index (κ2) is 7.35. The number of rotatable bonds is 8. The summed E-state index contributed by atoms with van der Waals surface area (Å²) in [6, 6.07) is 0. The van der Waals surface area contributed by atoms with E-state index in [4.69, 9.17) is 0 Å². The lowest BCUT2D eigenvalue weighted by molar-refractivity contribution is 0.130. The fourth-order valence-electron chi connectivity index (χ4n) is 3.13. The van der Waals surface area contributed by atoms with E-state index in [1.54, 1.807) is 0 Å². The van der Waals surface area contributed by atoms with Crippen molar-refractivity contribution in [3.63, 3.8) is 0 Å². The van der Waals surface area contributed by atoms with Gasteiger partial charge in [0.25, 0.3) is 0 Å². The lowest BCUT2D eigenvalue weighted by Crippen LogP contribution is -2.27. The SMILES string of the molecule is CCCC(C)CCCCC1CC(C(C)C)C1. The Labute approximate surface area is 103 Å². The largest absolute Gasteiger partial charge is 0.0654 e. The highest BCUT2D eigenvalue weighted by atomic mass is 14.4. The minimum Gasteiger partial charge on any atom is -0.0654 e. The first-order valence-corrected chi connectivity index (χ1v) is 7.63. The van der Waals surface area contributed by atoms with Gasteiger partial charge in [-0.2, -0.15) is 0 Å². The summed E-state index contributed by atoms with van der Waals surface area (Å²) in [7, 11) is 0. The molecule has 1 aliphatic carbocycles. The first-order chi connectivity index (χ1) is 7.63. The smallest absolute Gasteiger partial charge is 0.0386 e. The lowest BCUT2D eigenvalue weighted by atomic mass is 9.68. The summed E-state index contributed by atoms with van der Waals surface area (Å²) in [5, 5.41) is 0. The summed E-state index contributed by atoms with van der Waals surface area (Å²) in [5.74, 6) is 4.05. The van der Waals surface area contributed by atoms with Crippen molar-refractivity contribution in [2.45, 2.75) is 79.1 Å². The van der Waals surface area contributed by atoms with Crippen LogP contribution in [0.4, 0.5) is 0 Å². The highest BCUT2D eigenvalue weighted by molar-refractivity contribution is 4.81. The molecule has 0 aromatic rings. The lowest BCUT2D eigenvalue weighted by Gasteiger charge is -2.38. The summed E-state index contributed by atoms with van der Waals surface area (Å²) >= 11 is 0. The van der Waals surface area contributed by atoms with Crippen LogP contribution >= 0.6 is 0 Å². The first kappa shape index (κ1) is 14.1. The number of unbranched alkanes of at least 4 members (excludes halogenated alkanes) is 1. The van der Waals surface area contributed by atoms with Crippen molar-refractivity contribution >= 4 is 0 Å². The molecule has 0 spiro atoms. The third-order valence-electron chi connectivity index (χ3n) is 4.56. The zero-order valence-corrected chi connectivity index (χ0v) is 12.0. The van der Waals surface area contributed by atoms with Gasteiger partial charge in [-0.3, -0.25) is 0 Å². The second-order valence-corrected chi connectivity index (χ2v) is 6.52. The van der Waals surface area contributed by atoms with E-state index in [1.807, 2.05) is 0 Å². The Morgan fingerprint density at radius 2 is 1.69 bits per heavy atom. The summed E-state index contributed by atoms with van der Waals surface area (Å²) in [4.78, 5) is 0. The molecule has 1 aliphatic rings. The normalized spacial score (nSPS) is 26.8.